The second-order valence-electron chi connectivity index (χ2n) is 5.25. The molecule has 0 aromatic carbocycles. The first kappa shape index (κ1) is 14.3. The molecule has 3 atom stereocenters. The molecule has 0 aromatic heterocycles. The van der Waals surface area contributed by atoms with E-state index in [2.05, 4.69) is 17.2 Å². The summed E-state index contributed by atoms with van der Waals surface area (Å²) in [5, 5.41) is 3.14. The van der Waals surface area contributed by atoms with Gasteiger partial charge in [0.15, 0.2) is 5.96 Å². The third-order valence-electron chi connectivity index (χ3n) is 3.60. The van der Waals surface area contributed by atoms with E-state index in [0.29, 0.717) is 18.5 Å². The molecule has 1 aliphatic rings. The van der Waals surface area contributed by atoms with Gasteiger partial charge in [0.25, 0.3) is 0 Å². The molecule has 1 rings (SSSR count). The Bertz CT molecular complexity index is 243. The summed E-state index contributed by atoms with van der Waals surface area (Å²) >= 11 is 0. The molecule has 0 bridgehead atoms. The quantitative estimate of drug-likeness (QED) is 0.569. The molecular weight excluding hydrogens is 214 g/mol. The Balaban J connectivity index is 2.30. The predicted molar refractivity (Wildman–Crippen MR) is 72.1 cm³/mol. The first-order valence-corrected chi connectivity index (χ1v) is 6.69. The molecule has 0 heterocycles. The minimum atomic E-state index is 0.215. The fraction of sp³-hybridized carbons (Fsp3) is 0.923. The maximum atomic E-state index is 5.85. The molecule has 17 heavy (non-hydrogen) atoms. The first-order valence-electron chi connectivity index (χ1n) is 6.69. The van der Waals surface area contributed by atoms with Gasteiger partial charge in [0, 0.05) is 19.7 Å². The zero-order chi connectivity index (χ0) is 12.7. The summed E-state index contributed by atoms with van der Waals surface area (Å²) in [6.45, 7) is 5.88. The normalized spacial score (nSPS) is 27.8. The molecule has 0 radical (unpaired) electrons. The van der Waals surface area contributed by atoms with E-state index in [1.165, 1.54) is 25.7 Å². The van der Waals surface area contributed by atoms with E-state index in [1.54, 1.807) is 7.11 Å². The number of hydrogen-bond acceptors (Lipinski definition) is 2. The van der Waals surface area contributed by atoms with Crippen molar-refractivity contribution in [1.29, 1.82) is 0 Å². The van der Waals surface area contributed by atoms with Gasteiger partial charge in [-0.25, -0.2) is 0 Å². The fourth-order valence-electron chi connectivity index (χ4n) is 2.47. The Labute approximate surface area is 105 Å². The van der Waals surface area contributed by atoms with Crippen molar-refractivity contribution in [2.24, 2.45) is 22.6 Å². The highest BCUT2D eigenvalue weighted by Gasteiger charge is 2.20. The third-order valence-corrected chi connectivity index (χ3v) is 3.60. The van der Waals surface area contributed by atoms with E-state index in [0.717, 1.165) is 12.5 Å². The third kappa shape index (κ3) is 5.39. The minimum Gasteiger partial charge on any atom is -0.383 e. The second-order valence-corrected chi connectivity index (χ2v) is 5.25. The van der Waals surface area contributed by atoms with Crippen molar-refractivity contribution in [2.75, 3.05) is 20.3 Å². The van der Waals surface area contributed by atoms with Crippen molar-refractivity contribution in [3.8, 4) is 0 Å². The van der Waals surface area contributed by atoms with E-state index >= 15 is 0 Å². The van der Waals surface area contributed by atoms with Crippen LogP contribution in [0.15, 0.2) is 4.99 Å². The topological polar surface area (TPSA) is 59.6 Å². The lowest BCUT2D eigenvalue weighted by Gasteiger charge is -2.27. The van der Waals surface area contributed by atoms with Gasteiger partial charge < -0.3 is 15.8 Å². The molecule has 0 saturated heterocycles. The van der Waals surface area contributed by atoms with Crippen LogP contribution in [-0.2, 0) is 4.74 Å². The summed E-state index contributed by atoms with van der Waals surface area (Å²) in [6, 6.07) is 0.215. The molecule has 4 nitrogen and oxygen atoms in total. The van der Waals surface area contributed by atoms with Gasteiger partial charge >= 0.3 is 0 Å². The maximum Gasteiger partial charge on any atom is 0.188 e. The summed E-state index contributed by atoms with van der Waals surface area (Å²) in [4.78, 5) is 4.45. The lowest BCUT2D eigenvalue weighted by molar-refractivity contribution is 0.179. The van der Waals surface area contributed by atoms with Gasteiger partial charge in [-0.1, -0.05) is 26.2 Å². The fourth-order valence-corrected chi connectivity index (χ4v) is 2.47. The number of ether oxygens (including phenoxy) is 1. The van der Waals surface area contributed by atoms with Crippen LogP contribution in [0.25, 0.3) is 0 Å². The predicted octanol–water partition coefficient (Wildman–Crippen LogP) is 1.75. The lowest BCUT2D eigenvalue weighted by atomic mass is 9.80. The van der Waals surface area contributed by atoms with Crippen LogP contribution >= 0.6 is 0 Å². The van der Waals surface area contributed by atoms with Gasteiger partial charge in [0.2, 0.25) is 0 Å². The molecule has 0 aliphatic heterocycles. The smallest absolute Gasteiger partial charge is 0.188 e. The summed E-state index contributed by atoms with van der Waals surface area (Å²) in [5.74, 6) is 2.05. The standard InChI is InChI=1S/C13H27N3O/c1-10-6-4-5-7-12(10)8-15-13(14)16-11(2)9-17-3/h10-12H,4-9H2,1-3H3,(H3,14,15,16). The Morgan fingerprint density at radius 1 is 1.47 bits per heavy atom. The van der Waals surface area contributed by atoms with Gasteiger partial charge in [-0.15, -0.1) is 0 Å². The number of aliphatic imine (C=N–C) groups is 1. The van der Waals surface area contributed by atoms with Crippen LogP contribution < -0.4 is 11.1 Å². The molecule has 3 unspecified atom stereocenters. The lowest BCUT2D eigenvalue weighted by Crippen LogP contribution is -2.41. The molecule has 0 amide bonds. The summed E-state index contributed by atoms with van der Waals surface area (Å²) in [7, 11) is 1.69. The Kier molecular flexibility index (Phi) is 6.34. The molecule has 1 fully saturated rings. The van der Waals surface area contributed by atoms with E-state index in [9.17, 15) is 0 Å². The van der Waals surface area contributed by atoms with Crippen molar-refractivity contribution in [3.63, 3.8) is 0 Å². The number of guanidine groups is 1. The van der Waals surface area contributed by atoms with Crippen molar-refractivity contribution in [1.82, 2.24) is 5.32 Å². The Hall–Kier alpha value is -0.770. The van der Waals surface area contributed by atoms with Crippen molar-refractivity contribution >= 4 is 5.96 Å². The van der Waals surface area contributed by atoms with Crippen LogP contribution in [-0.4, -0.2) is 32.3 Å². The maximum absolute atomic E-state index is 5.85. The number of hydrogen-bond donors (Lipinski definition) is 2. The Morgan fingerprint density at radius 2 is 2.18 bits per heavy atom. The van der Waals surface area contributed by atoms with E-state index in [4.69, 9.17) is 10.5 Å². The van der Waals surface area contributed by atoms with Crippen molar-refractivity contribution < 1.29 is 4.74 Å². The zero-order valence-corrected chi connectivity index (χ0v) is 11.4. The largest absolute Gasteiger partial charge is 0.383 e. The first-order chi connectivity index (χ1) is 8.13. The van der Waals surface area contributed by atoms with E-state index in [-0.39, 0.29) is 6.04 Å². The number of nitrogens with zero attached hydrogens (tertiary/aromatic N) is 1. The highest BCUT2D eigenvalue weighted by Crippen LogP contribution is 2.29. The van der Waals surface area contributed by atoms with Crippen LogP contribution in [0.2, 0.25) is 0 Å². The Morgan fingerprint density at radius 3 is 2.82 bits per heavy atom. The van der Waals surface area contributed by atoms with Crippen LogP contribution in [0, 0.1) is 11.8 Å². The number of nitrogens with two attached hydrogens (primary N) is 1. The summed E-state index contributed by atoms with van der Waals surface area (Å²) < 4.78 is 5.04. The van der Waals surface area contributed by atoms with Gasteiger partial charge in [-0.05, 0) is 25.2 Å². The minimum absolute atomic E-state index is 0.215. The second kappa shape index (κ2) is 7.54. The van der Waals surface area contributed by atoms with Crippen molar-refractivity contribution in [3.05, 3.63) is 0 Å². The number of rotatable bonds is 5. The van der Waals surface area contributed by atoms with Crippen LogP contribution in [0.5, 0.6) is 0 Å². The zero-order valence-electron chi connectivity index (χ0n) is 11.4. The SMILES string of the molecule is COCC(C)NC(N)=NCC1CCCCC1C. The number of nitrogens with one attached hydrogen (secondary N) is 1. The monoisotopic (exact) mass is 241 g/mol. The van der Waals surface area contributed by atoms with Crippen molar-refractivity contribution in [2.45, 2.75) is 45.6 Å². The van der Waals surface area contributed by atoms with Crippen LogP contribution in [0.4, 0.5) is 0 Å². The molecule has 100 valence electrons. The molecule has 0 aromatic rings. The highest BCUT2D eigenvalue weighted by atomic mass is 16.5. The van der Waals surface area contributed by atoms with E-state index in [1.807, 2.05) is 6.92 Å². The number of methoxy groups -OCH3 is 1. The molecule has 1 aliphatic carbocycles. The van der Waals surface area contributed by atoms with Gasteiger partial charge in [0.1, 0.15) is 0 Å². The molecule has 3 N–H and O–H groups in total. The van der Waals surface area contributed by atoms with Gasteiger partial charge in [-0.3, -0.25) is 4.99 Å². The molecule has 4 heteroatoms. The van der Waals surface area contributed by atoms with Crippen LogP contribution in [0.1, 0.15) is 39.5 Å². The summed E-state index contributed by atoms with van der Waals surface area (Å²) in [6.07, 6.45) is 5.36. The van der Waals surface area contributed by atoms with Crippen LogP contribution in [0.3, 0.4) is 0 Å². The van der Waals surface area contributed by atoms with Gasteiger partial charge in [-0.2, -0.15) is 0 Å². The highest BCUT2D eigenvalue weighted by molar-refractivity contribution is 5.78. The average Bonchev–Trinajstić information content (AvgIpc) is 2.28. The average molecular weight is 241 g/mol. The molecule has 1 saturated carbocycles. The summed E-state index contributed by atoms with van der Waals surface area (Å²) in [5.41, 5.74) is 5.85. The molecular formula is C13H27N3O. The van der Waals surface area contributed by atoms with E-state index < -0.39 is 0 Å². The van der Waals surface area contributed by atoms with Gasteiger partial charge in [0.05, 0.1) is 6.61 Å². The molecule has 0 spiro atoms.